The number of hydrogen-bond acceptors (Lipinski definition) is 3. The maximum Gasteiger partial charge on any atom is 0.240 e. The van der Waals surface area contributed by atoms with Gasteiger partial charge in [-0.3, -0.25) is 0 Å². The van der Waals surface area contributed by atoms with Crippen molar-refractivity contribution in [3.05, 3.63) is 29.3 Å². The Morgan fingerprint density at radius 3 is 2.75 bits per heavy atom. The van der Waals surface area contributed by atoms with Crippen molar-refractivity contribution >= 4 is 21.6 Å². The molecule has 1 aromatic carbocycles. The number of benzene rings is 1. The van der Waals surface area contributed by atoms with Gasteiger partial charge in [0.15, 0.2) is 0 Å². The topological polar surface area (TPSA) is 59.8 Å². The van der Waals surface area contributed by atoms with Crippen LogP contribution in [0, 0.1) is 0 Å². The zero-order chi connectivity index (χ0) is 14.4. The fraction of sp³-hybridized carbons (Fsp3) is 0.538. The van der Waals surface area contributed by atoms with Crippen molar-refractivity contribution in [1.29, 1.82) is 0 Å². The van der Waals surface area contributed by atoms with E-state index in [-0.39, 0.29) is 4.90 Å². The second-order valence-corrected chi connectivity index (χ2v) is 7.02. The van der Waals surface area contributed by atoms with Gasteiger partial charge in [0.1, 0.15) is 13.1 Å². The molecule has 1 aromatic rings. The molecule has 0 bridgehead atoms. The molecule has 1 fully saturated rings. The normalized spacial score (nSPS) is 17.2. The molecule has 0 spiro atoms. The van der Waals surface area contributed by atoms with E-state index in [4.69, 9.17) is 16.3 Å². The van der Waals surface area contributed by atoms with Gasteiger partial charge in [-0.2, -0.15) is 0 Å². The highest BCUT2D eigenvalue weighted by Gasteiger charge is 2.16. The van der Waals surface area contributed by atoms with Gasteiger partial charge >= 0.3 is 0 Å². The molecule has 0 amide bonds. The van der Waals surface area contributed by atoms with Gasteiger partial charge in [0.25, 0.3) is 0 Å². The van der Waals surface area contributed by atoms with E-state index in [0.717, 1.165) is 39.3 Å². The number of nitrogens with one attached hydrogen (secondary N) is 2. The maximum absolute atomic E-state index is 12.0. The second kappa shape index (κ2) is 7.38. The SMILES string of the molecule is O=S(=O)(NCCC[NH+]1CCOCC1)c1cccc(Cl)c1. The van der Waals surface area contributed by atoms with Crippen LogP contribution in [-0.2, 0) is 14.8 Å². The lowest BCUT2D eigenvalue weighted by Gasteiger charge is -2.23. The fourth-order valence-corrected chi connectivity index (χ4v) is 3.55. The third-order valence-electron chi connectivity index (χ3n) is 3.31. The highest BCUT2D eigenvalue weighted by Crippen LogP contribution is 2.14. The van der Waals surface area contributed by atoms with E-state index in [2.05, 4.69) is 4.72 Å². The Labute approximate surface area is 124 Å². The summed E-state index contributed by atoms with van der Waals surface area (Å²) in [4.78, 5) is 1.68. The standard InChI is InChI=1S/C13H19ClN2O3S/c14-12-3-1-4-13(11-12)20(17,18)15-5-2-6-16-7-9-19-10-8-16/h1,3-4,11,15H,2,5-10H2/p+1. The molecule has 2 N–H and O–H groups in total. The van der Waals surface area contributed by atoms with Crippen molar-refractivity contribution in [2.75, 3.05) is 39.4 Å². The minimum Gasteiger partial charge on any atom is -0.370 e. The van der Waals surface area contributed by atoms with Crippen molar-refractivity contribution in [1.82, 2.24) is 4.72 Å². The summed E-state index contributed by atoms with van der Waals surface area (Å²) in [7, 11) is -3.45. The highest BCUT2D eigenvalue weighted by atomic mass is 35.5. The Hall–Kier alpha value is -0.660. The number of sulfonamides is 1. The van der Waals surface area contributed by atoms with Crippen molar-refractivity contribution in [3.8, 4) is 0 Å². The molecule has 0 unspecified atom stereocenters. The van der Waals surface area contributed by atoms with Gasteiger partial charge < -0.3 is 9.64 Å². The summed E-state index contributed by atoms with van der Waals surface area (Å²) in [5.74, 6) is 0. The van der Waals surface area contributed by atoms with Crippen molar-refractivity contribution in [3.63, 3.8) is 0 Å². The zero-order valence-electron chi connectivity index (χ0n) is 11.3. The average molecular weight is 320 g/mol. The molecule has 20 heavy (non-hydrogen) atoms. The van der Waals surface area contributed by atoms with Crippen LogP contribution < -0.4 is 9.62 Å². The third kappa shape index (κ3) is 4.71. The first-order valence-corrected chi connectivity index (χ1v) is 8.60. The summed E-state index contributed by atoms with van der Waals surface area (Å²) in [6.45, 7) is 5.00. The molecule has 1 aliphatic rings. The van der Waals surface area contributed by atoms with Crippen LogP contribution in [0.1, 0.15) is 6.42 Å². The average Bonchev–Trinajstić information content (AvgIpc) is 2.45. The summed E-state index contributed by atoms with van der Waals surface area (Å²) < 4.78 is 32.0. The van der Waals surface area contributed by atoms with Crippen LogP contribution in [0.4, 0.5) is 0 Å². The van der Waals surface area contributed by atoms with E-state index < -0.39 is 10.0 Å². The largest absolute Gasteiger partial charge is 0.370 e. The van der Waals surface area contributed by atoms with Gasteiger partial charge in [-0.05, 0) is 18.2 Å². The van der Waals surface area contributed by atoms with Gasteiger partial charge in [0.05, 0.1) is 24.7 Å². The van der Waals surface area contributed by atoms with Gasteiger partial charge in [-0.15, -0.1) is 0 Å². The van der Waals surface area contributed by atoms with E-state index in [1.807, 2.05) is 0 Å². The molecule has 112 valence electrons. The van der Waals surface area contributed by atoms with E-state index in [1.165, 1.54) is 11.0 Å². The lowest BCUT2D eigenvalue weighted by Crippen LogP contribution is -3.14. The molecular weight excluding hydrogens is 300 g/mol. The zero-order valence-corrected chi connectivity index (χ0v) is 12.8. The first-order valence-electron chi connectivity index (χ1n) is 6.74. The number of rotatable bonds is 6. The summed E-state index contributed by atoms with van der Waals surface area (Å²) in [6, 6.07) is 6.29. The second-order valence-electron chi connectivity index (χ2n) is 4.82. The molecule has 2 rings (SSSR count). The van der Waals surface area contributed by atoms with Crippen LogP contribution in [-0.4, -0.2) is 47.8 Å². The Morgan fingerprint density at radius 1 is 1.30 bits per heavy atom. The summed E-state index contributed by atoms with van der Waals surface area (Å²) >= 11 is 5.81. The summed E-state index contributed by atoms with van der Waals surface area (Å²) in [6.07, 6.45) is 0.815. The number of halogens is 1. The van der Waals surface area contributed by atoms with Gasteiger partial charge in [-0.25, -0.2) is 13.1 Å². The van der Waals surface area contributed by atoms with Crippen LogP contribution in [0.3, 0.4) is 0 Å². The lowest BCUT2D eigenvalue weighted by molar-refractivity contribution is -0.908. The minimum absolute atomic E-state index is 0.212. The van der Waals surface area contributed by atoms with Crippen molar-refractivity contribution < 1.29 is 18.1 Å². The molecule has 7 heteroatoms. The number of hydrogen-bond donors (Lipinski definition) is 2. The minimum atomic E-state index is -3.45. The van der Waals surface area contributed by atoms with E-state index in [0.29, 0.717) is 11.6 Å². The molecule has 1 saturated heterocycles. The Kier molecular flexibility index (Phi) is 5.80. The molecule has 0 aliphatic carbocycles. The Morgan fingerprint density at radius 2 is 2.05 bits per heavy atom. The number of quaternary nitrogens is 1. The van der Waals surface area contributed by atoms with Crippen molar-refractivity contribution in [2.24, 2.45) is 0 Å². The molecular formula is C13H20ClN2O3S+. The van der Waals surface area contributed by atoms with E-state index in [9.17, 15) is 8.42 Å². The molecule has 1 heterocycles. The van der Waals surface area contributed by atoms with Gasteiger partial charge in [0.2, 0.25) is 10.0 Å². The van der Waals surface area contributed by atoms with E-state index >= 15 is 0 Å². The molecule has 1 aliphatic heterocycles. The van der Waals surface area contributed by atoms with Crippen LogP contribution in [0.15, 0.2) is 29.2 Å². The monoisotopic (exact) mass is 319 g/mol. The van der Waals surface area contributed by atoms with Crippen LogP contribution >= 0.6 is 11.6 Å². The lowest BCUT2D eigenvalue weighted by atomic mass is 10.3. The van der Waals surface area contributed by atoms with Crippen LogP contribution in [0.5, 0.6) is 0 Å². The van der Waals surface area contributed by atoms with Crippen LogP contribution in [0.2, 0.25) is 5.02 Å². The predicted molar refractivity (Wildman–Crippen MR) is 77.6 cm³/mol. The van der Waals surface area contributed by atoms with E-state index in [1.54, 1.807) is 18.2 Å². The smallest absolute Gasteiger partial charge is 0.240 e. The first kappa shape index (κ1) is 15.7. The molecule has 0 saturated carbocycles. The Balaban J connectivity index is 1.78. The summed E-state index contributed by atoms with van der Waals surface area (Å²) in [5, 5.41) is 0.422. The summed E-state index contributed by atoms with van der Waals surface area (Å²) in [5.41, 5.74) is 0. The number of ether oxygens (including phenoxy) is 1. The fourth-order valence-electron chi connectivity index (χ4n) is 2.17. The third-order valence-corrected chi connectivity index (χ3v) is 5.00. The predicted octanol–water partition coefficient (Wildman–Crippen LogP) is -0.0765. The Bertz CT molecular complexity index is 530. The first-order chi connectivity index (χ1) is 9.58. The van der Waals surface area contributed by atoms with Crippen LogP contribution in [0.25, 0.3) is 0 Å². The highest BCUT2D eigenvalue weighted by molar-refractivity contribution is 7.89. The number of morpholine rings is 1. The van der Waals surface area contributed by atoms with Gasteiger partial charge in [0, 0.05) is 18.0 Å². The van der Waals surface area contributed by atoms with Crippen molar-refractivity contribution in [2.45, 2.75) is 11.3 Å². The molecule has 0 aromatic heterocycles. The quantitative estimate of drug-likeness (QED) is 0.721. The maximum atomic E-state index is 12.0. The van der Waals surface area contributed by atoms with Gasteiger partial charge in [-0.1, -0.05) is 17.7 Å². The molecule has 0 atom stereocenters. The molecule has 5 nitrogen and oxygen atoms in total. The molecule has 0 radical (unpaired) electrons.